The lowest BCUT2D eigenvalue weighted by molar-refractivity contribution is -0.120. The summed E-state index contributed by atoms with van der Waals surface area (Å²) in [5, 5.41) is 13.1. The number of rotatable bonds is 2. The fourth-order valence-electron chi connectivity index (χ4n) is 2.05. The molecule has 1 aromatic carbocycles. The first kappa shape index (κ1) is 16.5. The van der Waals surface area contributed by atoms with Gasteiger partial charge >= 0.3 is 6.09 Å². The summed E-state index contributed by atoms with van der Waals surface area (Å²) in [5.41, 5.74) is 0.257. The molecule has 0 aliphatic rings. The molecule has 0 saturated carbocycles. The van der Waals surface area contributed by atoms with E-state index < -0.39 is 23.6 Å². The fraction of sp³-hybridized carbons (Fsp3) is 0.312. The molecule has 122 valence electrons. The van der Waals surface area contributed by atoms with E-state index in [2.05, 4.69) is 10.6 Å². The van der Waals surface area contributed by atoms with Crippen LogP contribution in [0.2, 0.25) is 0 Å². The maximum Gasteiger partial charge on any atom is 0.414 e. The van der Waals surface area contributed by atoms with Gasteiger partial charge in [0.1, 0.15) is 12.1 Å². The standard InChI is InChI=1S/C16H20N4O3/c1-16(2,3)23-15(22)19-14(17)18-13(21)10-20-9-8-11-6-4-5-7-12(11)20/h4-9H,10H2,1-3H3,(H3,17,18,19,21,22). The Morgan fingerprint density at radius 2 is 1.87 bits per heavy atom. The minimum Gasteiger partial charge on any atom is -0.444 e. The second-order valence-electron chi connectivity index (χ2n) is 6.05. The Hall–Kier alpha value is -2.83. The summed E-state index contributed by atoms with van der Waals surface area (Å²) in [7, 11) is 0. The summed E-state index contributed by atoms with van der Waals surface area (Å²) < 4.78 is 6.78. The van der Waals surface area contributed by atoms with Crippen molar-refractivity contribution in [1.29, 1.82) is 5.41 Å². The van der Waals surface area contributed by atoms with Crippen molar-refractivity contribution in [2.75, 3.05) is 0 Å². The molecule has 0 bridgehead atoms. The number of carbonyl (C=O) groups excluding carboxylic acids is 2. The highest BCUT2D eigenvalue weighted by Gasteiger charge is 2.17. The van der Waals surface area contributed by atoms with Crippen molar-refractivity contribution in [1.82, 2.24) is 15.2 Å². The van der Waals surface area contributed by atoms with E-state index in [1.54, 1.807) is 31.5 Å². The van der Waals surface area contributed by atoms with Crippen molar-refractivity contribution in [2.24, 2.45) is 0 Å². The van der Waals surface area contributed by atoms with Gasteiger partial charge in [-0.2, -0.15) is 0 Å². The van der Waals surface area contributed by atoms with Crippen LogP contribution in [0.25, 0.3) is 10.9 Å². The highest BCUT2D eigenvalue weighted by molar-refractivity contribution is 6.01. The Labute approximate surface area is 134 Å². The van der Waals surface area contributed by atoms with Crippen LogP contribution in [0.3, 0.4) is 0 Å². The van der Waals surface area contributed by atoms with Gasteiger partial charge in [0, 0.05) is 11.7 Å². The topological polar surface area (TPSA) is 96.2 Å². The molecule has 2 amide bonds. The van der Waals surface area contributed by atoms with Crippen LogP contribution >= 0.6 is 0 Å². The lowest BCUT2D eigenvalue weighted by atomic mass is 10.2. The summed E-state index contributed by atoms with van der Waals surface area (Å²) in [4.78, 5) is 23.5. The van der Waals surface area contributed by atoms with Crippen molar-refractivity contribution < 1.29 is 14.3 Å². The molecule has 2 rings (SSSR count). The first-order chi connectivity index (χ1) is 10.7. The Kier molecular flexibility index (Phi) is 4.68. The number of nitrogens with one attached hydrogen (secondary N) is 3. The van der Waals surface area contributed by atoms with Crippen LogP contribution in [0, 0.1) is 5.41 Å². The number of nitrogens with zero attached hydrogens (tertiary/aromatic N) is 1. The summed E-state index contributed by atoms with van der Waals surface area (Å²) >= 11 is 0. The van der Waals surface area contributed by atoms with E-state index in [4.69, 9.17) is 10.1 Å². The molecule has 1 aromatic heterocycles. The number of fused-ring (bicyclic) bond motifs is 1. The molecule has 0 spiro atoms. The van der Waals surface area contributed by atoms with E-state index in [-0.39, 0.29) is 6.54 Å². The fourth-order valence-corrected chi connectivity index (χ4v) is 2.05. The zero-order chi connectivity index (χ0) is 17.0. The molecule has 0 unspecified atom stereocenters. The van der Waals surface area contributed by atoms with Crippen LogP contribution in [-0.4, -0.2) is 28.1 Å². The van der Waals surface area contributed by atoms with Gasteiger partial charge in [-0.15, -0.1) is 0 Å². The number of hydrogen-bond acceptors (Lipinski definition) is 4. The summed E-state index contributed by atoms with van der Waals surface area (Å²) in [6, 6.07) is 9.59. The number of amides is 2. The van der Waals surface area contributed by atoms with Gasteiger partial charge in [0.15, 0.2) is 0 Å². The van der Waals surface area contributed by atoms with Crippen LogP contribution < -0.4 is 10.6 Å². The molecule has 0 fully saturated rings. The number of benzene rings is 1. The predicted molar refractivity (Wildman–Crippen MR) is 87.2 cm³/mol. The van der Waals surface area contributed by atoms with Crippen molar-refractivity contribution >= 4 is 28.9 Å². The number of para-hydroxylation sites is 1. The minimum absolute atomic E-state index is 0.0475. The van der Waals surface area contributed by atoms with E-state index in [1.165, 1.54) is 0 Å². The average molecular weight is 316 g/mol. The van der Waals surface area contributed by atoms with Gasteiger partial charge in [-0.05, 0) is 38.3 Å². The normalized spacial score (nSPS) is 11.1. The zero-order valence-electron chi connectivity index (χ0n) is 13.3. The number of aromatic nitrogens is 1. The number of hydrogen-bond donors (Lipinski definition) is 3. The smallest absolute Gasteiger partial charge is 0.414 e. The van der Waals surface area contributed by atoms with Crippen LogP contribution in [0.1, 0.15) is 20.8 Å². The van der Waals surface area contributed by atoms with Gasteiger partial charge in [-0.1, -0.05) is 18.2 Å². The van der Waals surface area contributed by atoms with E-state index in [0.717, 1.165) is 10.9 Å². The van der Waals surface area contributed by atoms with Crippen molar-refractivity contribution in [2.45, 2.75) is 32.9 Å². The number of carbonyl (C=O) groups is 2. The summed E-state index contributed by atoms with van der Waals surface area (Å²) in [5.74, 6) is -0.826. The quantitative estimate of drug-likeness (QED) is 0.585. The van der Waals surface area contributed by atoms with E-state index >= 15 is 0 Å². The maximum absolute atomic E-state index is 12.0. The minimum atomic E-state index is -0.783. The molecule has 7 heteroatoms. The molecule has 0 aliphatic carbocycles. The molecular formula is C16H20N4O3. The zero-order valence-corrected chi connectivity index (χ0v) is 13.3. The van der Waals surface area contributed by atoms with Crippen molar-refractivity contribution in [3.8, 4) is 0 Å². The highest BCUT2D eigenvalue weighted by Crippen LogP contribution is 2.14. The monoisotopic (exact) mass is 316 g/mol. The molecule has 3 N–H and O–H groups in total. The molecule has 0 saturated heterocycles. The molecule has 0 atom stereocenters. The van der Waals surface area contributed by atoms with Gasteiger partial charge < -0.3 is 9.30 Å². The Bertz CT molecular complexity index is 743. The third kappa shape index (κ3) is 4.84. The molecule has 7 nitrogen and oxygen atoms in total. The Morgan fingerprint density at radius 3 is 2.57 bits per heavy atom. The van der Waals surface area contributed by atoms with Gasteiger partial charge in [-0.25, -0.2) is 4.79 Å². The van der Waals surface area contributed by atoms with E-state index in [0.29, 0.717) is 0 Å². The lowest BCUT2D eigenvalue weighted by Gasteiger charge is -2.19. The van der Waals surface area contributed by atoms with E-state index in [9.17, 15) is 9.59 Å². The van der Waals surface area contributed by atoms with Gasteiger partial charge in [0.2, 0.25) is 11.9 Å². The van der Waals surface area contributed by atoms with Crippen LogP contribution in [-0.2, 0) is 16.1 Å². The molecule has 2 aromatic rings. The van der Waals surface area contributed by atoms with Gasteiger partial charge in [0.25, 0.3) is 0 Å². The molecule has 0 aliphatic heterocycles. The van der Waals surface area contributed by atoms with Crippen molar-refractivity contribution in [3.63, 3.8) is 0 Å². The molecule has 1 heterocycles. The van der Waals surface area contributed by atoms with Gasteiger partial charge in [-0.3, -0.25) is 20.8 Å². The maximum atomic E-state index is 12.0. The third-order valence-corrected chi connectivity index (χ3v) is 2.88. The first-order valence-corrected chi connectivity index (χ1v) is 7.17. The van der Waals surface area contributed by atoms with Crippen molar-refractivity contribution in [3.05, 3.63) is 36.5 Å². The highest BCUT2D eigenvalue weighted by atomic mass is 16.6. The summed E-state index contributed by atoms with van der Waals surface area (Å²) in [6.45, 7) is 5.19. The van der Waals surface area contributed by atoms with E-state index in [1.807, 2.05) is 30.3 Å². The van der Waals surface area contributed by atoms with Gasteiger partial charge in [0.05, 0.1) is 0 Å². The van der Waals surface area contributed by atoms with Crippen LogP contribution in [0.15, 0.2) is 36.5 Å². The second-order valence-corrected chi connectivity index (χ2v) is 6.05. The molecule has 0 radical (unpaired) electrons. The molecular weight excluding hydrogens is 296 g/mol. The third-order valence-electron chi connectivity index (χ3n) is 2.88. The SMILES string of the molecule is CC(C)(C)OC(=O)NC(=N)NC(=O)Cn1ccc2ccccc21. The molecule has 23 heavy (non-hydrogen) atoms. The predicted octanol–water partition coefficient (Wildman–Crippen LogP) is 2.22. The average Bonchev–Trinajstić information content (AvgIpc) is 2.79. The number of guanidine groups is 1. The summed E-state index contributed by atoms with van der Waals surface area (Å²) in [6.07, 6.45) is 1.02. The Balaban J connectivity index is 1.89. The first-order valence-electron chi connectivity index (χ1n) is 7.17. The number of ether oxygens (including phenoxy) is 1. The Morgan fingerprint density at radius 1 is 1.17 bits per heavy atom. The lowest BCUT2D eigenvalue weighted by Crippen LogP contribution is -2.45. The number of alkyl carbamates (subject to hydrolysis) is 1. The van der Waals surface area contributed by atoms with Crippen LogP contribution in [0.4, 0.5) is 4.79 Å². The largest absolute Gasteiger partial charge is 0.444 e. The second kappa shape index (κ2) is 6.51. The van der Waals surface area contributed by atoms with Crippen LogP contribution in [0.5, 0.6) is 0 Å².